The van der Waals surface area contributed by atoms with E-state index in [4.69, 9.17) is 16.3 Å². The Kier molecular flexibility index (Phi) is 5.02. The van der Waals surface area contributed by atoms with Gasteiger partial charge in [0.1, 0.15) is 11.6 Å². The molecule has 2 nitrogen and oxygen atoms in total. The van der Waals surface area contributed by atoms with Crippen LogP contribution in [-0.2, 0) is 0 Å². The zero-order chi connectivity index (χ0) is 14.7. The number of hydrogen-bond acceptors (Lipinski definition) is 2. The lowest BCUT2D eigenvalue weighted by atomic mass is 9.99. The van der Waals surface area contributed by atoms with Crippen molar-refractivity contribution in [3.8, 4) is 5.75 Å². The third kappa shape index (κ3) is 3.14. The minimum absolute atomic E-state index is 0.0738. The maximum Gasteiger partial charge on any atom is 0.137 e. The molecular weight excluding hydrogens is 345 g/mol. The number of benzene rings is 2. The van der Waals surface area contributed by atoms with E-state index in [1.54, 1.807) is 19.2 Å². The second kappa shape index (κ2) is 6.57. The lowest BCUT2D eigenvalue weighted by molar-refractivity contribution is 0.414. The first-order valence-electron chi connectivity index (χ1n) is 6.02. The van der Waals surface area contributed by atoms with E-state index in [9.17, 15) is 4.39 Å². The molecule has 0 bridgehead atoms. The summed E-state index contributed by atoms with van der Waals surface area (Å²) >= 11 is 9.36. The first-order chi connectivity index (χ1) is 9.56. The summed E-state index contributed by atoms with van der Waals surface area (Å²) in [5.41, 5.74) is 1.93. The smallest absolute Gasteiger partial charge is 0.137 e. The molecule has 0 aliphatic rings. The summed E-state index contributed by atoms with van der Waals surface area (Å²) in [4.78, 5) is 0. The molecule has 1 atom stereocenters. The molecule has 0 aliphatic heterocycles. The van der Waals surface area contributed by atoms with Crippen LogP contribution in [0.4, 0.5) is 4.39 Å². The molecule has 0 spiro atoms. The molecule has 0 aliphatic carbocycles. The van der Waals surface area contributed by atoms with Gasteiger partial charge in [-0.25, -0.2) is 4.39 Å². The fourth-order valence-corrected chi connectivity index (χ4v) is 2.74. The molecule has 0 saturated heterocycles. The molecular formula is C15H14BrClFNO. The third-order valence-corrected chi connectivity index (χ3v) is 3.98. The molecule has 0 heterocycles. The summed E-state index contributed by atoms with van der Waals surface area (Å²) in [5.74, 6) is 0.349. The Morgan fingerprint density at radius 3 is 2.40 bits per heavy atom. The van der Waals surface area contributed by atoms with Gasteiger partial charge >= 0.3 is 0 Å². The van der Waals surface area contributed by atoms with E-state index in [-0.39, 0.29) is 11.9 Å². The van der Waals surface area contributed by atoms with Gasteiger partial charge in [-0.3, -0.25) is 0 Å². The number of hydrogen-bond donors (Lipinski definition) is 1. The highest BCUT2D eigenvalue weighted by molar-refractivity contribution is 9.10. The van der Waals surface area contributed by atoms with Crippen molar-refractivity contribution in [1.82, 2.24) is 5.32 Å². The maximum absolute atomic E-state index is 13.3. The Balaban J connectivity index is 2.41. The SMILES string of the molecule is CNC(c1ccc(OC)c(Cl)c1)c1ccc(F)c(Br)c1. The van der Waals surface area contributed by atoms with Crippen LogP contribution in [0.1, 0.15) is 17.2 Å². The van der Waals surface area contributed by atoms with Crippen LogP contribution in [0.15, 0.2) is 40.9 Å². The second-order valence-electron chi connectivity index (χ2n) is 4.29. The lowest BCUT2D eigenvalue weighted by Gasteiger charge is -2.18. The highest BCUT2D eigenvalue weighted by Gasteiger charge is 2.15. The van der Waals surface area contributed by atoms with Gasteiger partial charge in [-0.15, -0.1) is 0 Å². The van der Waals surface area contributed by atoms with Crippen molar-refractivity contribution in [3.05, 3.63) is 62.8 Å². The normalized spacial score (nSPS) is 12.2. The standard InChI is InChI=1S/C15H14BrClFNO/c1-19-15(9-3-5-13(18)11(16)7-9)10-4-6-14(20-2)12(17)8-10/h3-8,15,19H,1-2H3. The fourth-order valence-electron chi connectivity index (χ4n) is 2.08. The molecule has 106 valence electrons. The van der Waals surface area contributed by atoms with Gasteiger partial charge in [-0.2, -0.15) is 0 Å². The van der Waals surface area contributed by atoms with Gasteiger partial charge in [0.15, 0.2) is 0 Å². The molecule has 2 aromatic carbocycles. The van der Waals surface area contributed by atoms with Gasteiger partial charge in [-0.05, 0) is 58.4 Å². The Morgan fingerprint density at radius 1 is 1.20 bits per heavy atom. The van der Waals surface area contributed by atoms with Crippen molar-refractivity contribution in [2.75, 3.05) is 14.2 Å². The molecule has 0 radical (unpaired) electrons. The first kappa shape index (κ1) is 15.3. The molecule has 5 heteroatoms. The van der Waals surface area contributed by atoms with Crippen molar-refractivity contribution in [3.63, 3.8) is 0 Å². The Morgan fingerprint density at radius 2 is 1.85 bits per heavy atom. The zero-order valence-corrected chi connectivity index (χ0v) is 13.4. The van der Waals surface area contributed by atoms with E-state index in [0.29, 0.717) is 15.2 Å². The highest BCUT2D eigenvalue weighted by atomic mass is 79.9. The number of rotatable bonds is 4. The van der Waals surface area contributed by atoms with E-state index in [1.807, 2.05) is 25.2 Å². The molecule has 1 unspecified atom stereocenters. The Labute approximate surface area is 131 Å². The second-order valence-corrected chi connectivity index (χ2v) is 5.55. The van der Waals surface area contributed by atoms with Crippen molar-refractivity contribution >= 4 is 27.5 Å². The molecule has 20 heavy (non-hydrogen) atoms. The Bertz CT molecular complexity index is 621. The van der Waals surface area contributed by atoms with E-state index >= 15 is 0 Å². The summed E-state index contributed by atoms with van der Waals surface area (Å²) in [6.45, 7) is 0. The van der Waals surface area contributed by atoms with Gasteiger partial charge < -0.3 is 10.1 Å². The summed E-state index contributed by atoms with van der Waals surface area (Å²) in [6, 6.07) is 10.5. The maximum atomic E-state index is 13.3. The quantitative estimate of drug-likeness (QED) is 0.865. The first-order valence-corrected chi connectivity index (χ1v) is 7.19. The number of methoxy groups -OCH3 is 1. The van der Waals surface area contributed by atoms with Gasteiger partial charge in [0.25, 0.3) is 0 Å². The number of nitrogens with one attached hydrogen (secondary N) is 1. The zero-order valence-electron chi connectivity index (χ0n) is 11.1. The summed E-state index contributed by atoms with van der Waals surface area (Å²) in [7, 11) is 3.42. The number of halogens is 3. The van der Waals surface area contributed by atoms with Crippen molar-refractivity contribution < 1.29 is 9.13 Å². The summed E-state index contributed by atoms with van der Waals surface area (Å²) in [5, 5.41) is 3.75. The molecule has 1 N–H and O–H groups in total. The minimum Gasteiger partial charge on any atom is -0.495 e. The third-order valence-electron chi connectivity index (χ3n) is 3.07. The molecule has 2 aromatic rings. The van der Waals surface area contributed by atoms with E-state index in [0.717, 1.165) is 11.1 Å². The van der Waals surface area contributed by atoms with Crippen LogP contribution in [0, 0.1) is 5.82 Å². The Hall–Kier alpha value is -1.10. The van der Waals surface area contributed by atoms with Crippen LogP contribution in [-0.4, -0.2) is 14.2 Å². The van der Waals surface area contributed by atoms with Crippen LogP contribution in [0.25, 0.3) is 0 Å². The topological polar surface area (TPSA) is 21.3 Å². The highest BCUT2D eigenvalue weighted by Crippen LogP contribution is 2.31. The van der Waals surface area contributed by atoms with Crippen LogP contribution < -0.4 is 10.1 Å². The molecule has 0 aromatic heterocycles. The van der Waals surface area contributed by atoms with Gasteiger partial charge in [-0.1, -0.05) is 23.7 Å². The van der Waals surface area contributed by atoms with Crippen LogP contribution in [0.3, 0.4) is 0 Å². The van der Waals surface area contributed by atoms with Crippen LogP contribution >= 0.6 is 27.5 Å². The molecule has 2 rings (SSSR count). The average Bonchev–Trinajstić information content (AvgIpc) is 2.44. The lowest BCUT2D eigenvalue weighted by Crippen LogP contribution is -2.17. The van der Waals surface area contributed by atoms with Gasteiger partial charge in [0.05, 0.1) is 22.6 Å². The van der Waals surface area contributed by atoms with Crippen LogP contribution in [0.5, 0.6) is 5.75 Å². The summed E-state index contributed by atoms with van der Waals surface area (Å²) in [6.07, 6.45) is 0. The minimum atomic E-state index is -0.281. The summed E-state index contributed by atoms with van der Waals surface area (Å²) < 4.78 is 18.9. The van der Waals surface area contributed by atoms with Gasteiger partial charge in [0.2, 0.25) is 0 Å². The van der Waals surface area contributed by atoms with Crippen molar-refractivity contribution in [1.29, 1.82) is 0 Å². The predicted molar refractivity (Wildman–Crippen MR) is 83.0 cm³/mol. The van der Waals surface area contributed by atoms with Gasteiger partial charge in [0, 0.05) is 0 Å². The monoisotopic (exact) mass is 357 g/mol. The van der Waals surface area contributed by atoms with E-state index in [1.165, 1.54) is 6.07 Å². The molecule has 0 fully saturated rings. The largest absolute Gasteiger partial charge is 0.495 e. The fraction of sp³-hybridized carbons (Fsp3) is 0.200. The van der Waals surface area contributed by atoms with Crippen molar-refractivity contribution in [2.24, 2.45) is 0 Å². The van der Waals surface area contributed by atoms with E-state index < -0.39 is 0 Å². The number of ether oxygens (including phenoxy) is 1. The molecule has 0 amide bonds. The van der Waals surface area contributed by atoms with Crippen molar-refractivity contribution in [2.45, 2.75) is 6.04 Å². The predicted octanol–water partition coefficient (Wildman–Crippen LogP) is 4.56. The average molecular weight is 359 g/mol. The molecule has 0 saturated carbocycles. The van der Waals surface area contributed by atoms with Crippen LogP contribution in [0.2, 0.25) is 5.02 Å². The van der Waals surface area contributed by atoms with E-state index in [2.05, 4.69) is 21.2 Å².